The molecule has 2 aromatic carbocycles. The second-order valence-corrected chi connectivity index (χ2v) is 7.99. The van der Waals surface area contributed by atoms with Crippen molar-refractivity contribution < 1.29 is 9.59 Å². The van der Waals surface area contributed by atoms with Gasteiger partial charge in [-0.2, -0.15) is 0 Å². The molecule has 1 heterocycles. The fraction of sp³-hybridized carbons (Fsp3) is 0.364. The number of nitrogens with one attached hydrogen (secondary N) is 2. The lowest BCUT2D eigenvalue weighted by molar-refractivity contribution is -0.132. The van der Waals surface area contributed by atoms with Crippen molar-refractivity contribution in [1.29, 1.82) is 0 Å². The van der Waals surface area contributed by atoms with Crippen LogP contribution in [0.3, 0.4) is 0 Å². The molecular weight excluding hydrogens is 409 g/mol. The fourth-order valence-corrected chi connectivity index (χ4v) is 3.69. The number of anilines is 1. The standard InChI is InChI=1S/C22H25Cl2N3O2/c23-17-9-7-16(8-10-17)22(29)25-13-3-6-21(28)27-14-11-18(12-15-27)26-20-5-2-1-4-19(20)24/h1-2,4-5,7-10,18,26H,3,6,11-15H2,(H,25,29). The molecule has 29 heavy (non-hydrogen) atoms. The van der Waals surface area contributed by atoms with Gasteiger partial charge in [-0.3, -0.25) is 9.59 Å². The molecule has 0 aromatic heterocycles. The van der Waals surface area contributed by atoms with Crippen molar-refractivity contribution in [3.8, 4) is 0 Å². The predicted molar refractivity (Wildman–Crippen MR) is 118 cm³/mol. The molecule has 0 saturated carbocycles. The van der Waals surface area contributed by atoms with Gasteiger partial charge in [-0.05, 0) is 55.7 Å². The topological polar surface area (TPSA) is 61.4 Å². The number of nitrogens with zero attached hydrogens (tertiary/aromatic N) is 1. The van der Waals surface area contributed by atoms with Gasteiger partial charge >= 0.3 is 0 Å². The maximum absolute atomic E-state index is 12.4. The molecule has 3 rings (SSSR count). The molecule has 5 nitrogen and oxygen atoms in total. The van der Waals surface area contributed by atoms with Crippen LogP contribution in [-0.2, 0) is 4.79 Å². The average Bonchev–Trinajstić information content (AvgIpc) is 2.73. The second kappa shape index (κ2) is 10.5. The second-order valence-electron chi connectivity index (χ2n) is 7.15. The van der Waals surface area contributed by atoms with Crippen molar-refractivity contribution in [2.45, 2.75) is 31.7 Å². The van der Waals surface area contributed by atoms with E-state index < -0.39 is 0 Å². The zero-order chi connectivity index (χ0) is 20.6. The lowest BCUT2D eigenvalue weighted by Gasteiger charge is -2.33. The van der Waals surface area contributed by atoms with Gasteiger partial charge in [0.1, 0.15) is 0 Å². The van der Waals surface area contributed by atoms with E-state index in [1.807, 2.05) is 29.2 Å². The molecule has 154 valence electrons. The SMILES string of the molecule is O=C(NCCCC(=O)N1CCC(Nc2ccccc2Cl)CC1)c1ccc(Cl)cc1. The lowest BCUT2D eigenvalue weighted by atomic mass is 10.0. The Bertz CT molecular complexity index is 834. The summed E-state index contributed by atoms with van der Waals surface area (Å²) in [5.74, 6) is -0.0116. The van der Waals surface area contributed by atoms with Crippen molar-refractivity contribution in [2.75, 3.05) is 25.0 Å². The molecule has 0 atom stereocenters. The maximum Gasteiger partial charge on any atom is 0.251 e. The minimum Gasteiger partial charge on any atom is -0.381 e. The summed E-state index contributed by atoms with van der Waals surface area (Å²) in [7, 11) is 0. The first-order chi connectivity index (χ1) is 14.0. The van der Waals surface area contributed by atoms with E-state index in [1.54, 1.807) is 24.3 Å². The minimum absolute atomic E-state index is 0.141. The smallest absolute Gasteiger partial charge is 0.251 e. The van der Waals surface area contributed by atoms with E-state index in [0.717, 1.165) is 31.6 Å². The van der Waals surface area contributed by atoms with Crippen LogP contribution in [-0.4, -0.2) is 42.4 Å². The van der Waals surface area contributed by atoms with E-state index in [1.165, 1.54) is 0 Å². The number of hydrogen-bond donors (Lipinski definition) is 2. The molecule has 0 unspecified atom stereocenters. The van der Waals surface area contributed by atoms with Gasteiger partial charge in [0.2, 0.25) is 5.91 Å². The van der Waals surface area contributed by atoms with E-state index >= 15 is 0 Å². The van der Waals surface area contributed by atoms with Gasteiger partial charge in [0.15, 0.2) is 0 Å². The molecular formula is C22H25Cl2N3O2. The largest absolute Gasteiger partial charge is 0.381 e. The third kappa shape index (κ3) is 6.38. The van der Waals surface area contributed by atoms with Crippen molar-refractivity contribution in [1.82, 2.24) is 10.2 Å². The summed E-state index contributed by atoms with van der Waals surface area (Å²) in [5.41, 5.74) is 1.50. The van der Waals surface area contributed by atoms with E-state index in [0.29, 0.717) is 41.0 Å². The maximum atomic E-state index is 12.4. The molecule has 7 heteroatoms. The van der Waals surface area contributed by atoms with Crippen molar-refractivity contribution >= 4 is 40.7 Å². The number of likely N-dealkylation sites (tertiary alicyclic amines) is 1. The van der Waals surface area contributed by atoms with E-state index in [4.69, 9.17) is 23.2 Å². The van der Waals surface area contributed by atoms with Crippen LogP contribution in [0.15, 0.2) is 48.5 Å². The quantitative estimate of drug-likeness (QED) is 0.626. The van der Waals surface area contributed by atoms with Crippen LogP contribution in [0.5, 0.6) is 0 Å². The number of carbonyl (C=O) groups excluding carboxylic acids is 2. The van der Waals surface area contributed by atoms with Crippen LogP contribution >= 0.6 is 23.2 Å². The van der Waals surface area contributed by atoms with Crippen molar-refractivity contribution in [3.05, 3.63) is 64.1 Å². The highest BCUT2D eigenvalue weighted by Crippen LogP contribution is 2.24. The Morgan fingerprint density at radius 2 is 1.69 bits per heavy atom. The summed E-state index contributed by atoms with van der Waals surface area (Å²) in [5, 5.41) is 7.62. The highest BCUT2D eigenvalue weighted by atomic mass is 35.5. The molecule has 0 bridgehead atoms. The average molecular weight is 434 g/mol. The molecule has 1 saturated heterocycles. The highest BCUT2D eigenvalue weighted by molar-refractivity contribution is 6.33. The first-order valence-electron chi connectivity index (χ1n) is 9.85. The Hall–Kier alpha value is -2.24. The first-order valence-corrected chi connectivity index (χ1v) is 10.6. The number of carbonyl (C=O) groups is 2. The van der Waals surface area contributed by atoms with Crippen LogP contribution < -0.4 is 10.6 Å². The number of benzene rings is 2. The van der Waals surface area contributed by atoms with Crippen LogP contribution in [0.25, 0.3) is 0 Å². The molecule has 0 aliphatic carbocycles. The Labute approximate surface area is 181 Å². The summed E-state index contributed by atoms with van der Waals surface area (Å²) in [6, 6.07) is 14.8. The summed E-state index contributed by atoms with van der Waals surface area (Å²) in [6.07, 6.45) is 2.84. The number of amides is 2. The minimum atomic E-state index is -0.152. The monoisotopic (exact) mass is 433 g/mol. The van der Waals surface area contributed by atoms with Crippen molar-refractivity contribution in [3.63, 3.8) is 0 Å². The molecule has 1 aliphatic rings. The van der Waals surface area contributed by atoms with E-state index in [-0.39, 0.29) is 11.8 Å². The molecule has 0 radical (unpaired) electrons. The van der Waals surface area contributed by atoms with Gasteiger partial charge in [-0.1, -0.05) is 35.3 Å². The van der Waals surface area contributed by atoms with Gasteiger partial charge in [0, 0.05) is 42.7 Å². The molecule has 0 spiro atoms. The summed E-state index contributed by atoms with van der Waals surface area (Å²) in [4.78, 5) is 26.4. The van der Waals surface area contributed by atoms with Crippen LogP contribution in [0, 0.1) is 0 Å². The van der Waals surface area contributed by atoms with Gasteiger partial charge < -0.3 is 15.5 Å². The zero-order valence-electron chi connectivity index (χ0n) is 16.2. The van der Waals surface area contributed by atoms with Gasteiger partial charge in [-0.25, -0.2) is 0 Å². The molecule has 1 fully saturated rings. The number of piperidine rings is 1. The Kier molecular flexibility index (Phi) is 7.78. The van der Waals surface area contributed by atoms with Crippen LogP contribution in [0.1, 0.15) is 36.0 Å². The van der Waals surface area contributed by atoms with Gasteiger partial charge in [0.25, 0.3) is 5.91 Å². The Balaban J connectivity index is 1.34. The number of hydrogen-bond acceptors (Lipinski definition) is 3. The molecule has 1 aliphatic heterocycles. The summed E-state index contributed by atoms with van der Waals surface area (Å²) >= 11 is 12.0. The zero-order valence-corrected chi connectivity index (χ0v) is 17.7. The normalized spacial score (nSPS) is 14.5. The summed E-state index contributed by atoms with van der Waals surface area (Å²) < 4.78 is 0. The third-order valence-corrected chi connectivity index (χ3v) is 5.62. The first kappa shape index (κ1) is 21.5. The number of para-hydroxylation sites is 1. The van der Waals surface area contributed by atoms with Crippen LogP contribution in [0.4, 0.5) is 5.69 Å². The predicted octanol–water partition coefficient (Wildman–Crippen LogP) is 4.61. The fourth-order valence-electron chi connectivity index (χ4n) is 3.37. The van der Waals surface area contributed by atoms with Gasteiger partial charge in [-0.15, -0.1) is 0 Å². The third-order valence-electron chi connectivity index (χ3n) is 5.04. The Morgan fingerprint density at radius 1 is 1.00 bits per heavy atom. The molecule has 2 amide bonds. The van der Waals surface area contributed by atoms with E-state index in [2.05, 4.69) is 10.6 Å². The number of rotatable bonds is 7. The number of halogens is 2. The lowest BCUT2D eigenvalue weighted by Crippen LogP contribution is -2.42. The van der Waals surface area contributed by atoms with E-state index in [9.17, 15) is 9.59 Å². The highest BCUT2D eigenvalue weighted by Gasteiger charge is 2.22. The van der Waals surface area contributed by atoms with Crippen LogP contribution in [0.2, 0.25) is 10.0 Å². The Morgan fingerprint density at radius 3 is 2.38 bits per heavy atom. The van der Waals surface area contributed by atoms with Gasteiger partial charge in [0.05, 0.1) is 10.7 Å². The molecule has 2 aromatic rings. The van der Waals surface area contributed by atoms with Crippen molar-refractivity contribution in [2.24, 2.45) is 0 Å². The summed E-state index contributed by atoms with van der Waals surface area (Å²) in [6.45, 7) is 1.94. The molecule has 2 N–H and O–H groups in total.